The molecule has 0 radical (unpaired) electrons. The Kier molecular flexibility index (Phi) is 4.97. The van der Waals surface area contributed by atoms with Crippen LogP contribution in [0.2, 0.25) is 0 Å². The second kappa shape index (κ2) is 7.71. The summed E-state index contributed by atoms with van der Waals surface area (Å²) >= 11 is 0. The highest BCUT2D eigenvalue weighted by Crippen LogP contribution is 2.21. The van der Waals surface area contributed by atoms with Gasteiger partial charge in [-0.05, 0) is 42.6 Å². The fraction of sp³-hybridized carbons (Fsp3) is 0.368. The maximum atomic E-state index is 12.2. The molecule has 1 aromatic heterocycles. The highest BCUT2D eigenvalue weighted by molar-refractivity contribution is 5.93. The van der Waals surface area contributed by atoms with Gasteiger partial charge in [0.15, 0.2) is 0 Å². The van der Waals surface area contributed by atoms with Crippen LogP contribution >= 0.6 is 0 Å². The van der Waals surface area contributed by atoms with Gasteiger partial charge in [-0.25, -0.2) is 9.97 Å². The molecular weight excluding hydrogens is 344 g/mol. The molecule has 2 amide bonds. The minimum Gasteiger partial charge on any atom is -0.352 e. The van der Waals surface area contributed by atoms with Crippen LogP contribution in [0.5, 0.6) is 0 Å². The first-order chi connectivity index (χ1) is 13.2. The lowest BCUT2D eigenvalue weighted by Gasteiger charge is -2.12. The first-order valence-corrected chi connectivity index (χ1v) is 9.16. The third kappa shape index (κ3) is 4.22. The van der Waals surface area contributed by atoms with Crippen LogP contribution in [0.3, 0.4) is 0 Å². The topological polar surface area (TPSA) is 108 Å². The molecule has 4 rings (SSSR count). The van der Waals surface area contributed by atoms with E-state index >= 15 is 0 Å². The zero-order valence-electron chi connectivity index (χ0n) is 14.9. The van der Waals surface area contributed by atoms with Gasteiger partial charge < -0.3 is 21.3 Å². The van der Waals surface area contributed by atoms with Gasteiger partial charge in [0.2, 0.25) is 11.9 Å². The Bertz CT molecular complexity index is 846. The van der Waals surface area contributed by atoms with Crippen LogP contribution in [-0.2, 0) is 17.8 Å². The Morgan fingerprint density at radius 2 is 2.00 bits per heavy atom. The van der Waals surface area contributed by atoms with E-state index < -0.39 is 0 Å². The van der Waals surface area contributed by atoms with E-state index in [1.54, 1.807) is 0 Å². The van der Waals surface area contributed by atoms with Crippen LogP contribution in [0.1, 0.15) is 34.3 Å². The molecule has 3 heterocycles. The quantitative estimate of drug-likeness (QED) is 0.640. The smallest absolute Gasteiger partial charge is 0.254 e. The Morgan fingerprint density at radius 3 is 2.78 bits per heavy atom. The van der Waals surface area contributed by atoms with Crippen LogP contribution in [0.25, 0.3) is 0 Å². The molecule has 8 heteroatoms. The Hall–Kier alpha value is -3.00. The maximum Gasteiger partial charge on any atom is 0.254 e. The highest BCUT2D eigenvalue weighted by atomic mass is 16.2. The maximum absolute atomic E-state index is 12.2. The summed E-state index contributed by atoms with van der Waals surface area (Å²) in [5.41, 5.74) is 3.55. The van der Waals surface area contributed by atoms with E-state index in [4.69, 9.17) is 0 Å². The Labute approximate surface area is 157 Å². The third-order valence-corrected chi connectivity index (χ3v) is 4.87. The second-order valence-electron chi connectivity index (χ2n) is 6.84. The predicted octanol–water partition coefficient (Wildman–Crippen LogP) is 0.874. The molecular formula is C19H22N6O2. The highest BCUT2D eigenvalue weighted by Gasteiger charge is 2.18. The van der Waals surface area contributed by atoms with Crippen LogP contribution in [0.4, 0.5) is 11.6 Å². The third-order valence-electron chi connectivity index (χ3n) is 4.87. The van der Waals surface area contributed by atoms with Gasteiger partial charge in [-0.2, -0.15) is 0 Å². The molecule has 4 N–H and O–H groups in total. The number of aromatic nitrogens is 2. The number of aryl methyl sites for hydroxylation is 1. The van der Waals surface area contributed by atoms with Gasteiger partial charge in [0, 0.05) is 43.6 Å². The van der Waals surface area contributed by atoms with Crippen molar-refractivity contribution in [2.75, 3.05) is 18.4 Å². The van der Waals surface area contributed by atoms with Gasteiger partial charge in [0.25, 0.3) is 5.91 Å². The summed E-state index contributed by atoms with van der Waals surface area (Å²) in [6.45, 7) is 2.25. The van der Waals surface area contributed by atoms with Crippen molar-refractivity contribution in [2.24, 2.45) is 0 Å². The Balaban J connectivity index is 1.41. The number of rotatable bonds is 4. The average molecular weight is 366 g/mol. The number of amides is 2. The number of benzene rings is 1. The number of nitrogens with one attached hydrogen (secondary N) is 4. The molecule has 1 atom stereocenters. The summed E-state index contributed by atoms with van der Waals surface area (Å²) in [6.07, 6.45) is 5.25. The van der Waals surface area contributed by atoms with Gasteiger partial charge in [-0.3, -0.25) is 9.59 Å². The van der Waals surface area contributed by atoms with E-state index in [-0.39, 0.29) is 17.9 Å². The van der Waals surface area contributed by atoms with Crippen LogP contribution in [0.15, 0.2) is 30.6 Å². The van der Waals surface area contributed by atoms with E-state index in [1.807, 2.05) is 18.2 Å². The molecule has 0 aliphatic carbocycles. The zero-order valence-corrected chi connectivity index (χ0v) is 14.9. The summed E-state index contributed by atoms with van der Waals surface area (Å²) in [4.78, 5) is 32.2. The Morgan fingerprint density at radius 1 is 1.15 bits per heavy atom. The fourth-order valence-corrected chi connectivity index (χ4v) is 3.33. The molecule has 140 valence electrons. The molecule has 1 fully saturated rings. The first-order valence-electron chi connectivity index (χ1n) is 9.16. The van der Waals surface area contributed by atoms with Crippen molar-refractivity contribution in [3.05, 3.63) is 47.3 Å². The van der Waals surface area contributed by atoms with E-state index in [0.717, 1.165) is 37.2 Å². The van der Waals surface area contributed by atoms with Crippen molar-refractivity contribution in [3.8, 4) is 0 Å². The van der Waals surface area contributed by atoms with Gasteiger partial charge in [-0.15, -0.1) is 0 Å². The molecule has 1 unspecified atom stereocenters. The van der Waals surface area contributed by atoms with E-state index in [1.165, 1.54) is 18.0 Å². The van der Waals surface area contributed by atoms with E-state index in [0.29, 0.717) is 24.5 Å². The van der Waals surface area contributed by atoms with Gasteiger partial charge in [-0.1, -0.05) is 6.07 Å². The number of hydrogen-bond donors (Lipinski definition) is 4. The molecule has 2 aliphatic rings. The average Bonchev–Trinajstić information content (AvgIpc) is 3.12. The predicted molar refractivity (Wildman–Crippen MR) is 101 cm³/mol. The second-order valence-corrected chi connectivity index (χ2v) is 6.84. The lowest BCUT2D eigenvalue weighted by molar-refractivity contribution is -0.121. The summed E-state index contributed by atoms with van der Waals surface area (Å²) < 4.78 is 0. The van der Waals surface area contributed by atoms with Crippen LogP contribution < -0.4 is 21.3 Å². The fourth-order valence-electron chi connectivity index (χ4n) is 3.33. The molecule has 1 saturated heterocycles. The van der Waals surface area contributed by atoms with Gasteiger partial charge in [0.05, 0.1) is 5.56 Å². The standard InChI is InChI=1S/C19H22N6O2/c26-17-4-2-12-1-3-15(7-13(12)8-21-17)25-19-22-9-14(10-23-19)18(27)24-16-5-6-20-11-16/h1,3,7,9-10,16,20H,2,4-6,8,11H2,(H,21,26)(H,24,27)(H,22,23,25). The number of nitrogens with zero attached hydrogens (tertiary/aromatic N) is 2. The summed E-state index contributed by atoms with van der Waals surface area (Å²) in [5.74, 6) is 0.342. The van der Waals surface area contributed by atoms with Crippen LogP contribution in [-0.4, -0.2) is 40.9 Å². The van der Waals surface area contributed by atoms with Crippen molar-refractivity contribution in [2.45, 2.75) is 31.8 Å². The number of carbonyl (C=O) groups is 2. The van der Waals surface area contributed by atoms with Crippen molar-refractivity contribution >= 4 is 23.5 Å². The van der Waals surface area contributed by atoms with Crippen molar-refractivity contribution in [1.29, 1.82) is 0 Å². The molecule has 0 spiro atoms. The SMILES string of the molecule is O=C1CCc2ccc(Nc3ncc(C(=O)NC4CCNC4)cn3)cc2CN1. The molecule has 8 nitrogen and oxygen atoms in total. The normalized spacial score (nSPS) is 19.0. The lowest BCUT2D eigenvalue weighted by Crippen LogP contribution is -2.36. The largest absolute Gasteiger partial charge is 0.352 e. The summed E-state index contributed by atoms with van der Waals surface area (Å²) in [5, 5.41) is 12.2. The van der Waals surface area contributed by atoms with E-state index in [9.17, 15) is 9.59 Å². The monoisotopic (exact) mass is 366 g/mol. The number of anilines is 2. The van der Waals surface area contributed by atoms with Crippen molar-refractivity contribution in [1.82, 2.24) is 25.9 Å². The number of hydrogen-bond acceptors (Lipinski definition) is 6. The molecule has 0 bridgehead atoms. The van der Waals surface area contributed by atoms with E-state index in [2.05, 4.69) is 31.2 Å². The molecule has 2 aromatic rings. The first kappa shape index (κ1) is 17.4. The number of carbonyl (C=O) groups excluding carboxylic acids is 2. The molecule has 1 aromatic carbocycles. The lowest BCUT2D eigenvalue weighted by atomic mass is 10.0. The zero-order chi connectivity index (χ0) is 18.6. The van der Waals surface area contributed by atoms with Crippen molar-refractivity contribution in [3.63, 3.8) is 0 Å². The van der Waals surface area contributed by atoms with Crippen molar-refractivity contribution < 1.29 is 9.59 Å². The number of fused-ring (bicyclic) bond motifs is 1. The molecule has 0 saturated carbocycles. The molecule has 2 aliphatic heterocycles. The summed E-state index contributed by atoms with van der Waals surface area (Å²) in [7, 11) is 0. The van der Waals surface area contributed by atoms with Gasteiger partial charge >= 0.3 is 0 Å². The van der Waals surface area contributed by atoms with Crippen LogP contribution in [0, 0.1) is 0 Å². The van der Waals surface area contributed by atoms with Gasteiger partial charge in [0.1, 0.15) is 0 Å². The summed E-state index contributed by atoms with van der Waals surface area (Å²) in [6, 6.07) is 6.13. The minimum atomic E-state index is -0.156. The molecule has 27 heavy (non-hydrogen) atoms. The minimum absolute atomic E-state index is 0.0753.